The number of anilines is 2. The van der Waals surface area contributed by atoms with Gasteiger partial charge in [-0.3, -0.25) is 0 Å². The molecule has 0 aromatic heterocycles. The summed E-state index contributed by atoms with van der Waals surface area (Å²) < 4.78 is 0. The molecule has 2 heteroatoms. The molecule has 0 unspecified atom stereocenters. The van der Waals surface area contributed by atoms with Gasteiger partial charge in [-0.15, -0.1) is 0 Å². The van der Waals surface area contributed by atoms with Crippen LogP contribution in [0.3, 0.4) is 0 Å². The maximum absolute atomic E-state index is 2.12. The minimum Gasteiger partial charge on any atom is -0.504 e. The van der Waals surface area contributed by atoms with Gasteiger partial charge in [0.05, 0.1) is 0 Å². The van der Waals surface area contributed by atoms with E-state index in [2.05, 4.69) is 54.8 Å². The first-order chi connectivity index (χ1) is 5.29. The molecular weight excluding hydrogens is 136 g/mol. The molecule has 1 heterocycles. The van der Waals surface area contributed by atoms with Gasteiger partial charge < -0.3 is 9.80 Å². The molecule has 1 aromatic carbocycles. The van der Waals surface area contributed by atoms with E-state index in [4.69, 9.17) is 0 Å². The molecule has 0 radical (unpaired) electrons. The molecule has 1 aliphatic heterocycles. The molecule has 0 saturated heterocycles. The summed E-state index contributed by atoms with van der Waals surface area (Å²) in [6, 6.07) is 8.36. The quantitative estimate of drug-likeness (QED) is 0.515. The zero-order valence-electron chi connectivity index (χ0n) is 6.78. The van der Waals surface area contributed by atoms with Crippen molar-refractivity contribution in [2.45, 2.75) is 0 Å². The summed E-state index contributed by atoms with van der Waals surface area (Å²) >= 11 is 0. The number of rotatable bonds is 0. The van der Waals surface area contributed by atoms with E-state index in [-0.39, 0.29) is 0 Å². The molecular formula is C9H11N2-. The number of benzene rings is 1. The minimum atomic E-state index is 1.27. The van der Waals surface area contributed by atoms with Crippen LogP contribution in [-0.4, -0.2) is 14.1 Å². The van der Waals surface area contributed by atoms with E-state index in [1.54, 1.807) is 0 Å². The van der Waals surface area contributed by atoms with Crippen LogP contribution >= 0.6 is 0 Å². The van der Waals surface area contributed by atoms with Crippen LogP contribution in [0.1, 0.15) is 0 Å². The van der Waals surface area contributed by atoms with Gasteiger partial charge in [-0.25, -0.2) is 0 Å². The third-order valence-corrected chi connectivity index (χ3v) is 1.99. The highest BCUT2D eigenvalue weighted by atomic mass is 15.3. The van der Waals surface area contributed by atoms with Crippen LogP contribution < -0.4 is 9.80 Å². The summed E-state index contributed by atoms with van der Waals surface area (Å²) in [5, 5.41) is 0. The molecule has 0 saturated carbocycles. The Morgan fingerprint density at radius 1 is 1.00 bits per heavy atom. The SMILES string of the molecule is CN1[CH-]N(C)c2ccccc21. The van der Waals surface area contributed by atoms with Crippen molar-refractivity contribution in [3.8, 4) is 0 Å². The van der Waals surface area contributed by atoms with E-state index in [0.717, 1.165) is 0 Å². The lowest BCUT2D eigenvalue weighted by molar-refractivity contribution is 1.04. The molecule has 0 N–H and O–H groups in total. The van der Waals surface area contributed by atoms with Gasteiger partial charge in [0, 0.05) is 11.4 Å². The molecule has 0 spiro atoms. The van der Waals surface area contributed by atoms with Crippen LogP contribution in [0.2, 0.25) is 0 Å². The second-order valence-electron chi connectivity index (χ2n) is 2.83. The molecule has 0 atom stereocenters. The molecule has 58 valence electrons. The van der Waals surface area contributed by atoms with Crippen molar-refractivity contribution in [3.05, 3.63) is 30.9 Å². The lowest BCUT2D eigenvalue weighted by atomic mass is 10.3. The molecule has 0 fully saturated rings. The molecule has 0 aliphatic carbocycles. The first-order valence-corrected chi connectivity index (χ1v) is 3.69. The summed E-state index contributed by atoms with van der Waals surface area (Å²) in [5.41, 5.74) is 2.55. The summed E-state index contributed by atoms with van der Waals surface area (Å²) in [5.74, 6) is 0. The smallest absolute Gasteiger partial charge is 0.0297 e. The normalized spacial score (nSPS) is 15.5. The Bertz CT molecular complexity index is 243. The van der Waals surface area contributed by atoms with Crippen molar-refractivity contribution in [1.29, 1.82) is 0 Å². The van der Waals surface area contributed by atoms with Crippen molar-refractivity contribution < 1.29 is 0 Å². The number of para-hydroxylation sites is 2. The Kier molecular flexibility index (Phi) is 1.28. The summed E-state index contributed by atoms with van der Waals surface area (Å²) in [4.78, 5) is 4.24. The highest BCUT2D eigenvalue weighted by Gasteiger charge is 2.09. The second kappa shape index (κ2) is 2.16. The molecule has 2 nitrogen and oxygen atoms in total. The molecule has 2 rings (SSSR count). The predicted molar refractivity (Wildman–Crippen MR) is 47.5 cm³/mol. The molecule has 11 heavy (non-hydrogen) atoms. The first kappa shape index (κ1) is 6.53. The minimum absolute atomic E-state index is 1.27. The van der Waals surface area contributed by atoms with Crippen LogP contribution in [0.15, 0.2) is 24.3 Å². The van der Waals surface area contributed by atoms with E-state index in [1.165, 1.54) is 11.4 Å². The maximum Gasteiger partial charge on any atom is 0.0297 e. The Hall–Kier alpha value is -1.18. The van der Waals surface area contributed by atoms with Gasteiger partial charge in [0.25, 0.3) is 0 Å². The first-order valence-electron chi connectivity index (χ1n) is 3.69. The van der Waals surface area contributed by atoms with Crippen LogP contribution in [0.4, 0.5) is 11.4 Å². The largest absolute Gasteiger partial charge is 0.504 e. The van der Waals surface area contributed by atoms with Gasteiger partial charge in [0.2, 0.25) is 0 Å². The van der Waals surface area contributed by atoms with Crippen LogP contribution in [0.25, 0.3) is 0 Å². The topological polar surface area (TPSA) is 6.48 Å². The zero-order valence-corrected chi connectivity index (χ0v) is 6.78. The number of fused-ring (bicyclic) bond motifs is 1. The molecule has 0 amide bonds. The number of hydrogen-bond acceptors (Lipinski definition) is 2. The van der Waals surface area contributed by atoms with Crippen LogP contribution in [0, 0.1) is 6.67 Å². The lowest BCUT2D eigenvalue weighted by Gasteiger charge is -2.26. The summed E-state index contributed by atoms with van der Waals surface area (Å²) in [6.07, 6.45) is 0. The van der Waals surface area contributed by atoms with Crippen LogP contribution in [-0.2, 0) is 0 Å². The third kappa shape index (κ3) is 0.862. The average molecular weight is 147 g/mol. The molecule has 1 aliphatic rings. The van der Waals surface area contributed by atoms with E-state index >= 15 is 0 Å². The van der Waals surface area contributed by atoms with Gasteiger partial charge in [-0.1, -0.05) is 12.1 Å². The monoisotopic (exact) mass is 147 g/mol. The number of nitrogens with zero attached hydrogens (tertiary/aromatic N) is 2. The van der Waals surface area contributed by atoms with E-state index in [0.29, 0.717) is 0 Å². The van der Waals surface area contributed by atoms with E-state index in [9.17, 15) is 0 Å². The van der Waals surface area contributed by atoms with Gasteiger partial charge in [0.1, 0.15) is 0 Å². The fourth-order valence-electron chi connectivity index (χ4n) is 1.44. The number of hydrogen-bond donors (Lipinski definition) is 0. The van der Waals surface area contributed by atoms with E-state index in [1.807, 2.05) is 0 Å². The molecule has 0 bridgehead atoms. The third-order valence-electron chi connectivity index (χ3n) is 1.99. The van der Waals surface area contributed by atoms with E-state index < -0.39 is 0 Å². The van der Waals surface area contributed by atoms with Crippen LogP contribution in [0.5, 0.6) is 0 Å². The van der Waals surface area contributed by atoms with Gasteiger partial charge in [-0.05, 0) is 26.2 Å². The maximum atomic E-state index is 2.12. The Morgan fingerprint density at radius 3 is 1.91 bits per heavy atom. The average Bonchev–Trinajstić information content (AvgIpc) is 2.30. The van der Waals surface area contributed by atoms with Gasteiger partial charge >= 0.3 is 0 Å². The second-order valence-corrected chi connectivity index (χ2v) is 2.83. The zero-order chi connectivity index (χ0) is 7.84. The van der Waals surface area contributed by atoms with Crippen molar-refractivity contribution in [3.63, 3.8) is 0 Å². The molecule has 1 aromatic rings. The Labute approximate surface area is 67.0 Å². The van der Waals surface area contributed by atoms with Crippen molar-refractivity contribution in [2.24, 2.45) is 0 Å². The standard InChI is InChI=1S/C9H11N2/c1-10-7-11(2)9-6-4-3-5-8(9)10/h3-7H,1-2H3/q-1. The Balaban J connectivity index is 2.52. The van der Waals surface area contributed by atoms with Gasteiger partial charge in [0.15, 0.2) is 0 Å². The van der Waals surface area contributed by atoms with Crippen molar-refractivity contribution in [2.75, 3.05) is 23.9 Å². The van der Waals surface area contributed by atoms with Crippen molar-refractivity contribution >= 4 is 11.4 Å². The fourth-order valence-corrected chi connectivity index (χ4v) is 1.44. The summed E-state index contributed by atoms with van der Waals surface area (Å²) in [6.45, 7) is 2.07. The Morgan fingerprint density at radius 2 is 1.45 bits per heavy atom. The fraction of sp³-hybridized carbons (Fsp3) is 0.222. The predicted octanol–water partition coefficient (Wildman–Crippen LogP) is 1.69. The van der Waals surface area contributed by atoms with Gasteiger partial charge in [-0.2, -0.15) is 6.67 Å². The summed E-state index contributed by atoms with van der Waals surface area (Å²) in [7, 11) is 4.12. The lowest BCUT2D eigenvalue weighted by Crippen LogP contribution is -2.16. The highest BCUT2D eigenvalue weighted by Crippen LogP contribution is 2.34. The highest BCUT2D eigenvalue weighted by molar-refractivity contribution is 5.77. The van der Waals surface area contributed by atoms with Crippen molar-refractivity contribution in [1.82, 2.24) is 0 Å².